The molecule has 0 atom stereocenters. The number of barbiturate groups is 1. The van der Waals surface area contributed by atoms with Crippen LogP contribution in [0.15, 0.2) is 84.4 Å². The first-order chi connectivity index (χ1) is 16.4. The zero-order valence-corrected chi connectivity index (χ0v) is 18.4. The van der Waals surface area contributed by atoms with Crippen molar-refractivity contribution in [2.45, 2.75) is 0 Å². The zero-order valence-electron chi connectivity index (χ0n) is 17.7. The number of carbonyl (C=O) groups excluding carboxylic acids is 4. The lowest BCUT2D eigenvalue weighted by Crippen LogP contribution is -2.54. The molecule has 8 nitrogen and oxygen atoms in total. The molecule has 1 aliphatic heterocycles. The highest BCUT2D eigenvalue weighted by Gasteiger charge is 2.36. The molecule has 3 aromatic rings. The first kappa shape index (κ1) is 22.8. The van der Waals surface area contributed by atoms with Gasteiger partial charge in [0.05, 0.1) is 5.69 Å². The van der Waals surface area contributed by atoms with Crippen LogP contribution < -0.4 is 20.3 Å². The van der Waals surface area contributed by atoms with Crippen molar-refractivity contribution in [3.63, 3.8) is 0 Å². The average molecular weight is 476 g/mol. The minimum absolute atomic E-state index is 0.181. The van der Waals surface area contributed by atoms with Crippen LogP contribution in [0.1, 0.15) is 5.56 Å². The Morgan fingerprint density at radius 3 is 2.29 bits per heavy atom. The van der Waals surface area contributed by atoms with Crippen molar-refractivity contribution in [3.8, 4) is 5.75 Å². The van der Waals surface area contributed by atoms with Gasteiger partial charge in [0.2, 0.25) is 0 Å². The van der Waals surface area contributed by atoms with E-state index in [0.29, 0.717) is 27.7 Å². The monoisotopic (exact) mass is 475 g/mol. The van der Waals surface area contributed by atoms with Gasteiger partial charge in [0, 0.05) is 10.7 Å². The molecule has 0 radical (unpaired) electrons. The summed E-state index contributed by atoms with van der Waals surface area (Å²) in [7, 11) is 0. The SMILES string of the molecule is O=C(COc1ccc(/C=C2\C(=O)NC(=O)N(c3ccccc3)C2=O)cc1)Nc1ccc(Cl)cc1. The van der Waals surface area contributed by atoms with Crippen molar-refractivity contribution in [2.24, 2.45) is 0 Å². The van der Waals surface area contributed by atoms with E-state index in [1.165, 1.54) is 6.08 Å². The molecule has 34 heavy (non-hydrogen) atoms. The molecule has 2 N–H and O–H groups in total. The maximum atomic E-state index is 12.9. The van der Waals surface area contributed by atoms with Crippen LogP contribution in [0.25, 0.3) is 6.08 Å². The van der Waals surface area contributed by atoms with Gasteiger partial charge in [0.15, 0.2) is 6.61 Å². The van der Waals surface area contributed by atoms with E-state index in [9.17, 15) is 19.2 Å². The Labute approximate surface area is 199 Å². The lowest BCUT2D eigenvalue weighted by Gasteiger charge is -2.26. The number of rotatable bonds is 6. The number of anilines is 2. The third-order valence-electron chi connectivity index (χ3n) is 4.81. The third kappa shape index (κ3) is 5.31. The van der Waals surface area contributed by atoms with Gasteiger partial charge in [-0.2, -0.15) is 0 Å². The maximum absolute atomic E-state index is 12.9. The fourth-order valence-corrected chi connectivity index (χ4v) is 3.30. The third-order valence-corrected chi connectivity index (χ3v) is 5.06. The fourth-order valence-electron chi connectivity index (χ4n) is 3.18. The number of amides is 5. The van der Waals surface area contributed by atoms with Gasteiger partial charge < -0.3 is 10.1 Å². The van der Waals surface area contributed by atoms with Crippen LogP contribution in [0.3, 0.4) is 0 Å². The van der Waals surface area contributed by atoms with Crippen molar-refractivity contribution in [1.29, 1.82) is 0 Å². The number of carbonyl (C=O) groups is 4. The van der Waals surface area contributed by atoms with Crippen LogP contribution >= 0.6 is 11.6 Å². The molecule has 170 valence electrons. The molecule has 1 aliphatic rings. The fraction of sp³-hybridized carbons (Fsp3) is 0.0400. The van der Waals surface area contributed by atoms with E-state index in [4.69, 9.17) is 16.3 Å². The van der Waals surface area contributed by atoms with E-state index in [2.05, 4.69) is 10.6 Å². The van der Waals surface area contributed by atoms with Crippen molar-refractivity contribution in [3.05, 3.63) is 95.0 Å². The molecule has 0 aromatic heterocycles. The average Bonchev–Trinajstić information content (AvgIpc) is 2.83. The number of hydrogen-bond acceptors (Lipinski definition) is 5. The van der Waals surface area contributed by atoms with E-state index in [1.807, 2.05) is 0 Å². The summed E-state index contributed by atoms with van der Waals surface area (Å²) in [6, 6.07) is 20.7. The molecule has 3 aromatic carbocycles. The molecule has 1 saturated heterocycles. The molecule has 0 saturated carbocycles. The van der Waals surface area contributed by atoms with Crippen molar-refractivity contribution in [2.75, 3.05) is 16.8 Å². The highest BCUT2D eigenvalue weighted by atomic mass is 35.5. The van der Waals surface area contributed by atoms with E-state index in [1.54, 1.807) is 78.9 Å². The molecule has 0 aliphatic carbocycles. The smallest absolute Gasteiger partial charge is 0.335 e. The number of nitrogens with one attached hydrogen (secondary N) is 2. The Balaban J connectivity index is 1.41. The number of urea groups is 1. The van der Waals surface area contributed by atoms with Gasteiger partial charge in [-0.3, -0.25) is 19.7 Å². The van der Waals surface area contributed by atoms with E-state index >= 15 is 0 Å². The highest BCUT2D eigenvalue weighted by molar-refractivity contribution is 6.39. The zero-order chi connectivity index (χ0) is 24.1. The summed E-state index contributed by atoms with van der Waals surface area (Å²) in [5.41, 5.74) is 1.31. The van der Waals surface area contributed by atoms with Gasteiger partial charge in [-0.15, -0.1) is 0 Å². The lowest BCUT2D eigenvalue weighted by molar-refractivity contribution is -0.122. The summed E-state index contributed by atoms with van der Waals surface area (Å²) < 4.78 is 5.48. The predicted molar refractivity (Wildman–Crippen MR) is 127 cm³/mol. The Morgan fingerprint density at radius 1 is 0.941 bits per heavy atom. The second-order valence-corrected chi connectivity index (χ2v) is 7.64. The molecule has 1 heterocycles. The number of para-hydroxylation sites is 1. The number of hydrogen-bond donors (Lipinski definition) is 2. The highest BCUT2D eigenvalue weighted by Crippen LogP contribution is 2.22. The van der Waals surface area contributed by atoms with Gasteiger partial charge in [-0.25, -0.2) is 9.69 Å². The minimum Gasteiger partial charge on any atom is -0.484 e. The van der Waals surface area contributed by atoms with Gasteiger partial charge >= 0.3 is 6.03 Å². The summed E-state index contributed by atoms with van der Waals surface area (Å²) in [6.07, 6.45) is 1.39. The first-order valence-electron chi connectivity index (χ1n) is 10.2. The molecule has 5 amide bonds. The number of nitrogens with zero attached hydrogens (tertiary/aromatic N) is 1. The Kier molecular flexibility index (Phi) is 6.70. The summed E-state index contributed by atoms with van der Waals surface area (Å²) in [5, 5.41) is 5.43. The van der Waals surface area contributed by atoms with Gasteiger partial charge in [0.25, 0.3) is 17.7 Å². The molecule has 9 heteroatoms. The quantitative estimate of drug-likeness (QED) is 0.414. The van der Waals surface area contributed by atoms with Crippen molar-refractivity contribution in [1.82, 2.24) is 5.32 Å². The largest absolute Gasteiger partial charge is 0.484 e. The van der Waals surface area contributed by atoms with E-state index in [0.717, 1.165) is 4.90 Å². The van der Waals surface area contributed by atoms with Gasteiger partial charge in [-0.05, 0) is 60.2 Å². The topological polar surface area (TPSA) is 105 Å². The van der Waals surface area contributed by atoms with E-state index < -0.39 is 17.8 Å². The molecule has 1 fully saturated rings. The van der Waals surface area contributed by atoms with Crippen LogP contribution in [0.5, 0.6) is 5.75 Å². The Bertz CT molecular complexity index is 1270. The van der Waals surface area contributed by atoms with Gasteiger partial charge in [-0.1, -0.05) is 41.9 Å². The summed E-state index contributed by atoms with van der Waals surface area (Å²) >= 11 is 5.82. The first-order valence-corrected chi connectivity index (χ1v) is 10.5. The number of halogens is 1. The van der Waals surface area contributed by atoms with Crippen LogP contribution in [-0.2, 0) is 14.4 Å². The van der Waals surface area contributed by atoms with Crippen LogP contribution in [0, 0.1) is 0 Å². The molecule has 4 rings (SSSR count). The molecular weight excluding hydrogens is 458 g/mol. The van der Waals surface area contributed by atoms with Crippen molar-refractivity contribution < 1.29 is 23.9 Å². The number of imide groups is 2. The molecule has 0 unspecified atom stereocenters. The Morgan fingerprint density at radius 2 is 1.62 bits per heavy atom. The maximum Gasteiger partial charge on any atom is 0.335 e. The normalized spacial score (nSPS) is 14.7. The molecular formula is C25H18ClN3O5. The summed E-state index contributed by atoms with van der Waals surface area (Å²) in [6.45, 7) is -0.210. The predicted octanol–water partition coefficient (Wildman–Crippen LogP) is 4.02. The lowest BCUT2D eigenvalue weighted by atomic mass is 10.1. The van der Waals surface area contributed by atoms with Crippen LogP contribution in [0.2, 0.25) is 5.02 Å². The van der Waals surface area contributed by atoms with Crippen molar-refractivity contribution >= 4 is 52.8 Å². The molecule has 0 bridgehead atoms. The summed E-state index contributed by atoms with van der Waals surface area (Å²) in [4.78, 5) is 50.3. The number of benzene rings is 3. The Hall–Kier alpha value is -4.43. The second-order valence-electron chi connectivity index (χ2n) is 7.21. The molecule has 0 spiro atoms. The van der Waals surface area contributed by atoms with E-state index in [-0.39, 0.29) is 18.1 Å². The summed E-state index contributed by atoms with van der Waals surface area (Å²) in [5.74, 6) is -1.42. The standard InChI is InChI=1S/C25H18ClN3O5/c26-17-8-10-18(11-9-17)27-22(30)15-34-20-12-6-16(7-13-20)14-21-23(31)28-25(33)29(24(21)32)19-4-2-1-3-5-19/h1-14H,15H2,(H,27,30)(H,28,31,33)/b21-14+. The van der Waals surface area contributed by atoms with Crippen LogP contribution in [-0.4, -0.2) is 30.4 Å². The number of ether oxygens (including phenoxy) is 1. The minimum atomic E-state index is -0.807. The van der Waals surface area contributed by atoms with Crippen LogP contribution in [0.4, 0.5) is 16.2 Å². The van der Waals surface area contributed by atoms with Gasteiger partial charge in [0.1, 0.15) is 11.3 Å². The second kappa shape index (κ2) is 10.0.